The Balaban J connectivity index is 1.91. The lowest BCUT2D eigenvalue weighted by Crippen LogP contribution is -2.14. The highest BCUT2D eigenvalue weighted by Crippen LogP contribution is 2.36. The van der Waals surface area contributed by atoms with Crippen LogP contribution >= 0.6 is 46.3 Å². The molecule has 0 aliphatic heterocycles. The largest absolute Gasteiger partial charge is 0.495 e. The molecule has 0 saturated heterocycles. The lowest BCUT2D eigenvalue weighted by molar-refractivity contribution is -0.385. The number of amides is 1. The van der Waals surface area contributed by atoms with Gasteiger partial charge in [0.1, 0.15) is 11.3 Å². The Bertz CT molecular complexity index is 1100. The summed E-state index contributed by atoms with van der Waals surface area (Å²) >= 11 is 14.6. The molecule has 0 atom stereocenters. The number of nitrogens with one attached hydrogen (secondary N) is 1. The topological polar surface area (TPSA) is 94.4 Å². The third-order valence-corrected chi connectivity index (χ3v) is 5.94. The van der Waals surface area contributed by atoms with E-state index in [4.69, 9.17) is 27.9 Å². The van der Waals surface area contributed by atoms with Crippen LogP contribution in [0.25, 0.3) is 11.3 Å². The summed E-state index contributed by atoms with van der Waals surface area (Å²) in [5, 5.41) is 17.0. The monoisotopic (exact) mass is 469 g/mol. The number of methoxy groups -OCH3 is 1. The summed E-state index contributed by atoms with van der Waals surface area (Å²) in [6.45, 7) is 0. The Morgan fingerprint density at radius 3 is 2.69 bits per heavy atom. The van der Waals surface area contributed by atoms with E-state index in [0.717, 1.165) is 0 Å². The van der Waals surface area contributed by atoms with Gasteiger partial charge in [0, 0.05) is 16.0 Å². The maximum atomic E-state index is 12.7. The number of nitro groups is 1. The fraction of sp³-hybridized carbons (Fsp3) is 0.111. The minimum atomic E-state index is -0.641. The molecule has 3 aromatic rings. The number of halogens is 2. The molecule has 1 N–H and O–H groups in total. The zero-order chi connectivity index (χ0) is 21.1. The molecule has 0 radical (unpaired) electrons. The Hall–Kier alpha value is -2.33. The zero-order valence-corrected chi connectivity index (χ0v) is 18.2. The van der Waals surface area contributed by atoms with Gasteiger partial charge in [0.25, 0.3) is 11.6 Å². The summed E-state index contributed by atoms with van der Waals surface area (Å²) in [5.41, 5.74) is 0.782. The molecule has 0 saturated carbocycles. The van der Waals surface area contributed by atoms with Crippen molar-refractivity contribution in [2.45, 2.75) is 4.90 Å². The SMILES string of the molecule is COc1cc([N+](=O)[O-])c(C(=O)Nc2nc(-c3ccc(Cl)cc3Cl)cs2)cc1SC. The van der Waals surface area contributed by atoms with Gasteiger partial charge in [-0.3, -0.25) is 20.2 Å². The lowest BCUT2D eigenvalue weighted by atomic mass is 10.1. The number of carbonyl (C=O) groups excluding carboxylic acids is 1. The average molecular weight is 470 g/mol. The molecular formula is C18H13Cl2N3O4S2. The van der Waals surface area contributed by atoms with E-state index in [1.807, 2.05) is 0 Å². The number of carbonyl (C=O) groups is 1. The van der Waals surface area contributed by atoms with E-state index < -0.39 is 10.8 Å². The molecular weight excluding hydrogens is 457 g/mol. The Morgan fingerprint density at radius 1 is 1.31 bits per heavy atom. The number of anilines is 1. The molecule has 7 nitrogen and oxygen atoms in total. The fourth-order valence-electron chi connectivity index (χ4n) is 2.52. The van der Waals surface area contributed by atoms with E-state index in [9.17, 15) is 14.9 Å². The molecule has 0 aliphatic rings. The van der Waals surface area contributed by atoms with Crippen LogP contribution in [0.3, 0.4) is 0 Å². The predicted molar refractivity (Wildman–Crippen MR) is 117 cm³/mol. The Kier molecular flexibility index (Phi) is 6.63. The van der Waals surface area contributed by atoms with Crippen molar-refractivity contribution in [2.24, 2.45) is 0 Å². The van der Waals surface area contributed by atoms with Gasteiger partial charge in [0.15, 0.2) is 5.13 Å². The molecule has 1 heterocycles. The molecule has 1 amide bonds. The van der Waals surface area contributed by atoms with Crippen LogP contribution in [0.2, 0.25) is 10.0 Å². The smallest absolute Gasteiger partial charge is 0.285 e. The van der Waals surface area contributed by atoms with Gasteiger partial charge in [0.2, 0.25) is 0 Å². The molecule has 0 aliphatic carbocycles. The minimum absolute atomic E-state index is 0.0820. The second kappa shape index (κ2) is 9.00. The molecule has 11 heteroatoms. The number of benzene rings is 2. The van der Waals surface area contributed by atoms with E-state index in [1.165, 1.54) is 42.3 Å². The standard InChI is InChI=1S/C18H13Cl2N3O4S2/c1-27-15-7-14(23(25)26)11(6-16(15)28-2)17(24)22-18-21-13(8-29-18)10-4-3-9(19)5-12(10)20/h3-8H,1-2H3,(H,21,22,24). The summed E-state index contributed by atoms with van der Waals surface area (Å²) in [5.74, 6) is -0.313. The number of nitrogens with zero attached hydrogens (tertiary/aromatic N) is 2. The first-order valence-corrected chi connectivity index (χ1v) is 10.8. The summed E-state index contributed by atoms with van der Waals surface area (Å²) in [6, 6.07) is 7.68. The maximum Gasteiger partial charge on any atom is 0.285 e. The third-order valence-electron chi connectivity index (χ3n) is 3.87. The Morgan fingerprint density at radius 2 is 2.07 bits per heavy atom. The van der Waals surface area contributed by atoms with Crippen molar-refractivity contribution >= 4 is 63.0 Å². The molecule has 1 aromatic heterocycles. The van der Waals surface area contributed by atoms with Crippen molar-refractivity contribution < 1.29 is 14.5 Å². The number of ether oxygens (including phenoxy) is 1. The van der Waals surface area contributed by atoms with E-state index in [0.29, 0.717) is 31.9 Å². The highest BCUT2D eigenvalue weighted by Gasteiger charge is 2.24. The van der Waals surface area contributed by atoms with Crippen LogP contribution in [0.5, 0.6) is 5.75 Å². The molecule has 0 unspecified atom stereocenters. The van der Waals surface area contributed by atoms with Crippen molar-refractivity contribution in [3.05, 3.63) is 61.4 Å². The molecule has 29 heavy (non-hydrogen) atoms. The molecule has 3 rings (SSSR count). The van der Waals surface area contributed by atoms with Crippen LogP contribution in [0.1, 0.15) is 10.4 Å². The van der Waals surface area contributed by atoms with Crippen LogP contribution in [0.4, 0.5) is 10.8 Å². The van der Waals surface area contributed by atoms with Gasteiger partial charge in [0.05, 0.1) is 33.7 Å². The van der Waals surface area contributed by atoms with Gasteiger partial charge >= 0.3 is 0 Å². The van der Waals surface area contributed by atoms with Gasteiger partial charge in [-0.1, -0.05) is 23.2 Å². The first kappa shape index (κ1) is 21.4. The fourth-order valence-corrected chi connectivity index (χ4v) is 4.31. The highest BCUT2D eigenvalue weighted by molar-refractivity contribution is 7.98. The number of thiazole rings is 1. The number of thioether (sulfide) groups is 1. The second-order valence-electron chi connectivity index (χ2n) is 5.60. The van der Waals surface area contributed by atoms with Gasteiger partial charge in [-0.05, 0) is 30.5 Å². The van der Waals surface area contributed by atoms with Crippen molar-refractivity contribution in [3.63, 3.8) is 0 Å². The summed E-state index contributed by atoms with van der Waals surface area (Å²) in [4.78, 5) is 28.5. The summed E-state index contributed by atoms with van der Waals surface area (Å²) in [6.07, 6.45) is 1.79. The van der Waals surface area contributed by atoms with Crippen LogP contribution in [0.15, 0.2) is 40.6 Å². The van der Waals surface area contributed by atoms with Gasteiger partial charge in [-0.2, -0.15) is 0 Å². The first-order valence-electron chi connectivity index (χ1n) is 7.96. The van der Waals surface area contributed by atoms with E-state index in [1.54, 1.807) is 29.8 Å². The molecule has 150 valence electrons. The van der Waals surface area contributed by atoms with Crippen LogP contribution in [0, 0.1) is 10.1 Å². The molecule has 0 bridgehead atoms. The molecule has 0 fully saturated rings. The van der Waals surface area contributed by atoms with E-state index in [2.05, 4.69) is 10.3 Å². The lowest BCUT2D eigenvalue weighted by Gasteiger charge is -2.09. The number of hydrogen-bond donors (Lipinski definition) is 1. The average Bonchev–Trinajstić information content (AvgIpc) is 3.14. The second-order valence-corrected chi connectivity index (χ2v) is 8.15. The highest BCUT2D eigenvalue weighted by atomic mass is 35.5. The van der Waals surface area contributed by atoms with Gasteiger partial charge in [-0.15, -0.1) is 23.1 Å². The van der Waals surface area contributed by atoms with Crippen molar-refractivity contribution in [2.75, 3.05) is 18.7 Å². The zero-order valence-electron chi connectivity index (χ0n) is 15.1. The van der Waals surface area contributed by atoms with Crippen molar-refractivity contribution in [1.29, 1.82) is 0 Å². The minimum Gasteiger partial charge on any atom is -0.495 e. The molecule has 2 aromatic carbocycles. The van der Waals surface area contributed by atoms with Gasteiger partial charge < -0.3 is 4.74 Å². The molecule has 0 spiro atoms. The van der Waals surface area contributed by atoms with Crippen LogP contribution < -0.4 is 10.1 Å². The van der Waals surface area contributed by atoms with E-state index in [-0.39, 0.29) is 16.4 Å². The number of aromatic nitrogens is 1. The van der Waals surface area contributed by atoms with Crippen molar-refractivity contribution in [3.8, 4) is 17.0 Å². The Labute approximate surface area is 184 Å². The predicted octanol–water partition coefficient (Wildman–Crippen LogP) is 6.01. The summed E-state index contributed by atoms with van der Waals surface area (Å²) in [7, 11) is 1.41. The normalized spacial score (nSPS) is 10.6. The number of nitro benzene ring substituents is 1. The number of rotatable bonds is 6. The summed E-state index contributed by atoms with van der Waals surface area (Å²) < 4.78 is 5.16. The van der Waals surface area contributed by atoms with E-state index >= 15 is 0 Å². The quantitative estimate of drug-likeness (QED) is 0.270. The van der Waals surface area contributed by atoms with Crippen LogP contribution in [-0.2, 0) is 0 Å². The van der Waals surface area contributed by atoms with Crippen molar-refractivity contribution in [1.82, 2.24) is 4.98 Å². The van der Waals surface area contributed by atoms with Crippen LogP contribution in [-0.4, -0.2) is 29.2 Å². The number of hydrogen-bond acceptors (Lipinski definition) is 7. The first-order chi connectivity index (χ1) is 13.8. The maximum absolute atomic E-state index is 12.7. The van der Waals surface area contributed by atoms with Gasteiger partial charge in [-0.25, -0.2) is 4.98 Å². The third kappa shape index (κ3) is 4.64.